The van der Waals surface area contributed by atoms with Gasteiger partial charge in [0.2, 0.25) is 6.86 Å². The van der Waals surface area contributed by atoms with Gasteiger partial charge in [0.15, 0.2) is 11.5 Å². The van der Waals surface area contributed by atoms with Crippen molar-refractivity contribution in [3.63, 3.8) is 0 Å². The number of methoxy groups -OCH3 is 1. The molecule has 2 heterocycles. The van der Waals surface area contributed by atoms with Crippen molar-refractivity contribution < 1.29 is 18.6 Å². The average molecular weight is 337 g/mol. The van der Waals surface area contributed by atoms with Gasteiger partial charge in [-0.05, 0) is 63.3 Å². The van der Waals surface area contributed by atoms with Crippen LogP contribution in [0.5, 0.6) is 11.5 Å². The minimum absolute atomic E-state index is 0.104. The third-order valence-corrected chi connectivity index (χ3v) is 4.82. The molecule has 0 N–H and O–H groups in total. The van der Waals surface area contributed by atoms with Crippen molar-refractivity contribution in [2.45, 2.75) is 57.8 Å². The van der Waals surface area contributed by atoms with Crippen molar-refractivity contribution in [3.05, 3.63) is 23.3 Å². The number of rotatable bonds is 4. The van der Waals surface area contributed by atoms with Crippen LogP contribution in [0.1, 0.15) is 50.8 Å². The van der Waals surface area contributed by atoms with Gasteiger partial charge in [-0.3, -0.25) is 4.90 Å². The van der Waals surface area contributed by atoms with Crippen LogP contribution in [-0.4, -0.2) is 43.7 Å². The molecule has 1 fully saturated rings. The third-order valence-electron chi connectivity index (χ3n) is 4.82. The Kier molecular flexibility index (Phi) is 5.02. The Morgan fingerprint density at radius 2 is 2.00 bits per heavy atom. The zero-order valence-corrected chi connectivity index (χ0v) is 15.1. The topological polar surface area (TPSA) is 30.9 Å². The van der Waals surface area contributed by atoms with E-state index < -0.39 is 6.86 Å². The SMILES string of the molecule is COc1cc2c(cc1OCF)CCN1CC(OC(C)(C)C)CCC21. The molecule has 1 saturated heterocycles. The summed E-state index contributed by atoms with van der Waals surface area (Å²) >= 11 is 0. The van der Waals surface area contributed by atoms with Crippen molar-refractivity contribution in [1.82, 2.24) is 4.90 Å². The fraction of sp³-hybridized carbons (Fsp3) is 0.684. The zero-order valence-electron chi connectivity index (χ0n) is 15.1. The quantitative estimate of drug-likeness (QED) is 0.834. The molecule has 0 amide bonds. The second kappa shape index (κ2) is 6.89. The molecule has 1 aromatic carbocycles. The summed E-state index contributed by atoms with van der Waals surface area (Å²) in [4.78, 5) is 2.51. The molecule has 0 aromatic heterocycles. The number of benzene rings is 1. The molecule has 2 atom stereocenters. The number of hydrogen-bond acceptors (Lipinski definition) is 4. The highest BCUT2D eigenvalue weighted by Gasteiger charge is 2.35. The fourth-order valence-corrected chi connectivity index (χ4v) is 3.94. The van der Waals surface area contributed by atoms with E-state index in [0.29, 0.717) is 23.6 Å². The van der Waals surface area contributed by atoms with Gasteiger partial charge in [0.1, 0.15) is 0 Å². The van der Waals surface area contributed by atoms with Gasteiger partial charge in [-0.1, -0.05) is 0 Å². The van der Waals surface area contributed by atoms with E-state index in [0.717, 1.165) is 32.4 Å². The number of hydrogen-bond donors (Lipinski definition) is 0. The van der Waals surface area contributed by atoms with Gasteiger partial charge in [-0.25, -0.2) is 4.39 Å². The van der Waals surface area contributed by atoms with E-state index in [-0.39, 0.29) is 5.60 Å². The molecule has 134 valence electrons. The van der Waals surface area contributed by atoms with E-state index in [4.69, 9.17) is 14.2 Å². The van der Waals surface area contributed by atoms with Crippen LogP contribution in [0.15, 0.2) is 12.1 Å². The van der Waals surface area contributed by atoms with Crippen LogP contribution in [0.3, 0.4) is 0 Å². The lowest BCUT2D eigenvalue weighted by atomic mass is 9.85. The molecule has 5 heteroatoms. The molecule has 0 saturated carbocycles. The molecule has 2 aliphatic heterocycles. The van der Waals surface area contributed by atoms with E-state index in [9.17, 15) is 4.39 Å². The minimum atomic E-state index is -0.837. The van der Waals surface area contributed by atoms with Gasteiger partial charge in [0.25, 0.3) is 0 Å². The number of fused-ring (bicyclic) bond motifs is 3. The highest BCUT2D eigenvalue weighted by atomic mass is 19.1. The largest absolute Gasteiger partial charge is 0.493 e. The molecule has 3 rings (SSSR count). The van der Waals surface area contributed by atoms with E-state index in [2.05, 4.69) is 25.7 Å². The maximum atomic E-state index is 12.6. The summed E-state index contributed by atoms with van der Waals surface area (Å²) < 4.78 is 29.2. The summed E-state index contributed by atoms with van der Waals surface area (Å²) in [6.07, 6.45) is 3.36. The van der Waals surface area contributed by atoms with Crippen LogP contribution in [0.2, 0.25) is 0 Å². The lowest BCUT2D eigenvalue weighted by molar-refractivity contribution is -0.0971. The molecular formula is C19H28FNO3. The average Bonchev–Trinajstić information content (AvgIpc) is 2.52. The predicted octanol–water partition coefficient (Wildman–Crippen LogP) is 3.88. The normalized spacial score (nSPS) is 24.2. The van der Waals surface area contributed by atoms with Gasteiger partial charge >= 0.3 is 0 Å². The molecule has 2 unspecified atom stereocenters. The van der Waals surface area contributed by atoms with Crippen LogP contribution in [0.4, 0.5) is 4.39 Å². The minimum Gasteiger partial charge on any atom is -0.493 e. The van der Waals surface area contributed by atoms with Crippen molar-refractivity contribution in [2.75, 3.05) is 27.1 Å². The first-order chi connectivity index (χ1) is 11.4. The summed E-state index contributed by atoms with van der Waals surface area (Å²) in [5.41, 5.74) is 2.43. The molecule has 1 aromatic rings. The Morgan fingerprint density at radius 3 is 2.67 bits per heavy atom. The summed E-state index contributed by atoms with van der Waals surface area (Å²) in [6.45, 7) is 7.47. The first kappa shape index (κ1) is 17.5. The van der Waals surface area contributed by atoms with Gasteiger partial charge in [0, 0.05) is 19.1 Å². The number of piperidine rings is 1. The van der Waals surface area contributed by atoms with Gasteiger partial charge in [-0.15, -0.1) is 0 Å². The number of alkyl halides is 1. The van der Waals surface area contributed by atoms with E-state index in [1.54, 1.807) is 7.11 Å². The first-order valence-electron chi connectivity index (χ1n) is 8.72. The van der Waals surface area contributed by atoms with Gasteiger partial charge in [0.05, 0.1) is 18.8 Å². The van der Waals surface area contributed by atoms with E-state index in [1.165, 1.54) is 11.1 Å². The summed E-state index contributed by atoms with van der Waals surface area (Å²) in [6, 6.07) is 4.37. The maximum absolute atomic E-state index is 12.6. The summed E-state index contributed by atoms with van der Waals surface area (Å²) in [5.74, 6) is 1.11. The van der Waals surface area contributed by atoms with E-state index >= 15 is 0 Å². The van der Waals surface area contributed by atoms with Crippen LogP contribution in [-0.2, 0) is 11.2 Å². The molecular weight excluding hydrogens is 309 g/mol. The van der Waals surface area contributed by atoms with Crippen molar-refractivity contribution in [2.24, 2.45) is 0 Å². The summed E-state index contributed by atoms with van der Waals surface area (Å²) in [7, 11) is 1.60. The smallest absolute Gasteiger partial charge is 0.228 e. The molecule has 24 heavy (non-hydrogen) atoms. The molecule has 0 radical (unpaired) electrons. The Balaban J connectivity index is 1.80. The highest BCUT2D eigenvalue weighted by molar-refractivity contribution is 5.49. The van der Waals surface area contributed by atoms with Crippen LogP contribution in [0, 0.1) is 0 Å². The molecule has 0 aliphatic carbocycles. The molecule has 2 aliphatic rings. The van der Waals surface area contributed by atoms with Gasteiger partial charge < -0.3 is 14.2 Å². The zero-order chi connectivity index (χ0) is 17.3. The lowest BCUT2D eigenvalue weighted by Gasteiger charge is -2.44. The van der Waals surface area contributed by atoms with Gasteiger partial charge in [-0.2, -0.15) is 0 Å². The number of halogens is 1. The fourth-order valence-electron chi connectivity index (χ4n) is 3.94. The highest BCUT2D eigenvalue weighted by Crippen LogP contribution is 2.42. The van der Waals surface area contributed by atoms with Crippen molar-refractivity contribution in [1.29, 1.82) is 0 Å². The van der Waals surface area contributed by atoms with Crippen LogP contribution >= 0.6 is 0 Å². The Hall–Kier alpha value is -1.33. The maximum Gasteiger partial charge on any atom is 0.228 e. The first-order valence-corrected chi connectivity index (χ1v) is 8.72. The monoisotopic (exact) mass is 337 g/mol. The Bertz CT molecular complexity index is 585. The Morgan fingerprint density at radius 1 is 1.21 bits per heavy atom. The van der Waals surface area contributed by atoms with Crippen LogP contribution in [0.25, 0.3) is 0 Å². The predicted molar refractivity (Wildman–Crippen MR) is 91.5 cm³/mol. The van der Waals surface area contributed by atoms with Crippen LogP contribution < -0.4 is 9.47 Å². The molecule has 4 nitrogen and oxygen atoms in total. The molecule has 0 bridgehead atoms. The second-order valence-electron chi connectivity index (χ2n) is 7.65. The van der Waals surface area contributed by atoms with E-state index in [1.807, 2.05) is 12.1 Å². The number of ether oxygens (including phenoxy) is 3. The lowest BCUT2D eigenvalue weighted by Crippen LogP contribution is -2.47. The summed E-state index contributed by atoms with van der Waals surface area (Å²) in [5, 5.41) is 0. The standard InChI is InChI=1S/C19H28FNO3/c1-19(2,3)24-14-5-6-16-15-10-17(22-4)18(23-12-20)9-13(15)7-8-21(16)11-14/h9-10,14,16H,5-8,11-12H2,1-4H3. The third kappa shape index (κ3) is 3.67. The van der Waals surface area contributed by atoms with Crippen molar-refractivity contribution >= 4 is 0 Å². The van der Waals surface area contributed by atoms with Crippen molar-refractivity contribution in [3.8, 4) is 11.5 Å². The second-order valence-corrected chi connectivity index (χ2v) is 7.65. The Labute approximate surface area is 143 Å². The molecule has 0 spiro atoms. The number of nitrogens with zero attached hydrogens (tertiary/aromatic N) is 1.